The third-order valence-electron chi connectivity index (χ3n) is 2.85. The molecule has 1 aromatic rings. The highest BCUT2D eigenvalue weighted by Crippen LogP contribution is 2.32. The van der Waals surface area contributed by atoms with Gasteiger partial charge < -0.3 is 5.11 Å². The zero-order valence-electron chi connectivity index (χ0n) is 10.7. The van der Waals surface area contributed by atoms with Gasteiger partial charge in [0.15, 0.2) is 0 Å². The van der Waals surface area contributed by atoms with Gasteiger partial charge in [0, 0.05) is 11.4 Å². The molecule has 18 heavy (non-hydrogen) atoms. The molecule has 7 heteroatoms. The van der Waals surface area contributed by atoms with Crippen molar-refractivity contribution in [3.8, 4) is 0 Å². The minimum atomic E-state index is -3.52. The van der Waals surface area contributed by atoms with E-state index in [0.717, 1.165) is 6.42 Å². The predicted molar refractivity (Wildman–Crippen MR) is 77.2 cm³/mol. The van der Waals surface area contributed by atoms with Crippen LogP contribution in [0.25, 0.3) is 0 Å². The molecule has 4 nitrogen and oxygen atoms in total. The summed E-state index contributed by atoms with van der Waals surface area (Å²) >= 11 is 4.45. The van der Waals surface area contributed by atoms with E-state index in [0.29, 0.717) is 15.2 Å². The molecule has 0 saturated carbocycles. The summed E-state index contributed by atoms with van der Waals surface area (Å²) in [5.74, 6) is 0. The molecule has 1 rings (SSSR count). The van der Waals surface area contributed by atoms with Gasteiger partial charge in [-0.15, -0.1) is 11.3 Å². The van der Waals surface area contributed by atoms with Gasteiger partial charge in [0.2, 0.25) is 10.0 Å². The molecule has 0 fully saturated rings. The van der Waals surface area contributed by atoms with E-state index in [1.54, 1.807) is 0 Å². The summed E-state index contributed by atoms with van der Waals surface area (Å²) in [5, 5.41) is 9.01. The van der Waals surface area contributed by atoms with Crippen LogP contribution in [0.4, 0.5) is 0 Å². The van der Waals surface area contributed by atoms with E-state index < -0.39 is 10.0 Å². The van der Waals surface area contributed by atoms with Crippen molar-refractivity contribution in [2.45, 2.75) is 38.7 Å². The standard InChI is InChI=1S/C11H18BrNO3S2/c1-4-11(2,3)7-13-18(15,16)9-5-8(6-14)17-10(9)12/h5,13-14H,4,6-7H2,1-3H3. The van der Waals surface area contributed by atoms with Crippen LogP contribution in [-0.2, 0) is 16.6 Å². The summed E-state index contributed by atoms with van der Waals surface area (Å²) in [6, 6.07) is 1.50. The second-order valence-electron chi connectivity index (χ2n) is 4.85. The van der Waals surface area contributed by atoms with Gasteiger partial charge >= 0.3 is 0 Å². The molecule has 0 radical (unpaired) electrons. The fraction of sp³-hybridized carbons (Fsp3) is 0.636. The van der Waals surface area contributed by atoms with Crippen LogP contribution in [0.2, 0.25) is 0 Å². The lowest BCUT2D eigenvalue weighted by atomic mass is 9.91. The Morgan fingerprint density at radius 2 is 2.11 bits per heavy atom. The van der Waals surface area contributed by atoms with Crippen molar-refractivity contribution in [2.24, 2.45) is 5.41 Å². The van der Waals surface area contributed by atoms with E-state index in [-0.39, 0.29) is 16.9 Å². The molecule has 2 N–H and O–H groups in total. The molecule has 0 saturated heterocycles. The van der Waals surface area contributed by atoms with E-state index in [2.05, 4.69) is 20.7 Å². The molecule has 0 bridgehead atoms. The molecule has 1 heterocycles. The van der Waals surface area contributed by atoms with Crippen LogP contribution in [-0.4, -0.2) is 20.1 Å². The number of thiophene rings is 1. The van der Waals surface area contributed by atoms with Gasteiger partial charge in [-0.1, -0.05) is 20.8 Å². The molecule has 0 aliphatic rings. The minimum absolute atomic E-state index is 0.0740. The number of rotatable bonds is 6. The number of hydrogen-bond donors (Lipinski definition) is 2. The second kappa shape index (κ2) is 6.00. The molecule has 0 aromatic carbocycles. The Bertz CT molecular complexity index is 508. The summed E-state index contributed by atoms with van der Waals surface area (Å²) in [6.45, 7) is 6.29. The quantitative estimate of drug-likeness (QED) is 0.824. The van der Waals surface area contributed by atoms with E-state index in [4.69, 9.17) is 5.11 Å². The molecule has 104 valence electrons. The van der Waals surface area contributed by atoms with Gasteiger partial charge in [0.05, 0.1) is 10.4 Å². The number of nitrogens with one attached hydrogen (secondary N) is 1. The maximum absolute atomic E-state index is 12.1. The van der Waals surface area contributed by atoms with Gasteiger partial charge in [-0.05, 0) is 33.8 Å². The molecule has 0 amide bonds. The topological polar surface area (TPSA) is 66.4 Å². The highest BCUT2D eigenvalue weighted by atomic mass is 79.9. The van der Waals surface area contributed by atoms with Crippen LogP contribution >= 0.6 is 27.3 Å². The van der Waals surface area contributed by atoms with Crippen molar-refractivity contribution in [2.75, 3.05) is 6.54 Å². The normalized spacial score (nSPS) is 12.9. The zero-order valence-corrected chi connectivity index (χ0v) is 13.9. The fourth-order valence-corrected chi connectivity index (χ4v) is 4.93. The Kier molecular flexibility index (Phi) is 5.37. The number of halogens is 1. The van der Waals surface area contributed by atoms with Gasteiger partial charge in [0.1, 0.15) is 4.90 Å². The summed E-state index contributed by atoms with van der Waals surface area (Å²) < 4.78 is 27.4. The Morgan fingerprint density at radius 1 is 1.50 bits per heavy atom. The molecule has 0 atom stereocenters. The highest BCUT2D eigenvalue weighted by Gasteiger charge is 2.24. The van der Waals surface area contributed by atoms with Crippen molar-refractivity contribution < 1.29 is 13.5 Å². The van der Waals surface area contributed by atoms with Crippen LogP contribution in [0, 0.1) is 5.41 Å². The molecular formula is C11H18BrNO3S2. The van der Waals surface area contributed by atoms with Crippen LogP contribution in [0.5, 0.6) is 0 Å². The lowest BCUT2D eigenvalue weighted by molar-refractivity contribution is 0.285. The van der Waals surface area contributed by atoms with Crippen LogP contribution < -0.4 is 4.72 Å². The maximum atomic E-state index is 12.1. The Labute approximate surface area is 121 Å². The van der Waals surface area contributed by atoms with Gasteiger partial charge in [-0.25, -0.2) is 13.1 Å². The van der Waals surface area contributed by atoms with Crippen LogP contribution in [0.3, 0.4) is 0 Å². The van der Waals surface area contributed by atoms with E-state index in [1.165, 1.54) is 17.4 Å². The van der Waals surface area contributed by atoms with E-state index >= 15 is 0 Å². The first kappa shape index (κ1) is 16.1. The van der Waals surface area contributed by atoms with Crippen LogP contribution in [0.15, 0.2) is 14.7 Å². The third kappa shape index (κ3) is 4.03. The summed E-state index contributed by atoms with van der Waals surface area (Å²) in [6.07, 6.45) is 0.891. The van der Waals surface area contributed by atoms with Gasteiger partial charge in [0.25, 0.3) is 0 Å². The molecule has 0 aliphatic carbocycles. The smallest absolute Gasteiger partial charge is 0.242 e. The van der Waals surface area contributed by atoms with E-state index in [1.807, 2.05) is 20.8 Å². The zero-order chi connectivity index (χ0) is 14.0. The fourth-order valence-electron chi connectivity index (χ4n) is 1.15. The average Bonchev–Trinajstić information content (AvgIpc) is 2.69. The minimum Gasteiger partial charge on any atom is -0.391 e. The monoisotopic (exact) mass is 355 g/mol. The van der Waals surface area contributed by atoms with Gasteiger partial charge in [-0.2, -0.15) is 0 Å². The van der Waals surface area contributed by atoms with Crippen molar-refractivity contribution >= 4 is 37.3 Å². The first-order valence-electron chi connectivity index (χ1n) is 5.60. The third-order valence-corrected chi connectivity index (χ3v) is 6.49. The summed E-state index contributed by atoms with van der Waals surface area (Å²) in [5.41, 5.74) is -0.0740. The predicted octanol–water partition coefficient (Wildman–Crippen LogP) is 2.72. The summed E-state index contributed by atoms with van der Waals surface area (Å²) in [4.78, 5) is 0.820. The van der Waals surface area contributed by atoms with Gasteiger partial charge in [-0.3, -0.25) is 0 Å². The van der Waals surface area contributed by atoms with Crippen LogP contribution in [0.1, 0.15) is 32.1 Å². The van der Waals surface area contributed by atoms with Crippen molar-refractivity contribution in [1.82, 2.24) is 4.72 Å². The molecule has 0 unspecified atom stereocenters. The lowest BCUT2D eigenvalue weighted by Gasteiger charge is -2.22. The first-order valence-corrected chi connectivity index (χ1v) is 8.70. The van der Waals surface area contributed by atoms with Crippen molar-refractivity contribution in [1.29, 1.82) is 0 Å². The number of hydrogen-bond acceptors (Lipinski definition) is 4. The Morgan fingerprint density at radius 3 is 2.56 bits per heavy atom. The molecular weight excluding hydrogens is 338 g/mol. The lowest BCUT2D eigenvalue weighted by Crippen LogP contribution is -2.33. The SMILES string of the molecule is CCC(C)(C)CNS(=O)(=O)c1cc(CO)sc1Br. The average molecular weight is 356 g/mol. The highest BCUT2D eigenvalue weighted by molar-refractivity contribution is 9.11. The van der Waals surface area contributed by atoms with Crippen molar-refractivity contribution in [3.05, 3.63) is 14.7 Å². The van der Waals surface area contributed by atoms with Crippen molar-refractivity contribution in [3.63, 3.8) is 0 Å². The van der Waals surface area contributed by atoms with E-state index in [9.17, 15) is 8.42 Å². The molecule has 0 aliphatic heterocycles. The number of sulfonamides is 1. The first-order chi connectivity index (χ1) is 8.22. The number of aliphatic hydroxyl groups is 1. The second-order valence-corrected chi connectivity index (χ2v) is 9.04. The number of aliphatic hydroxyl groups excluding tert-OH is 1. The largest absolute Gasteiger partial charge is 0.391 e. The maximum Gasteiger partial charge on any atom is 0.242 e. The summed E-state index contributed by atoms with van der Waals surface area (Å²) in [7, 11) is -3.52. The molecule has 1 aromatic heterocycles. The Hall–Kier alpha value is 0.0500. The molecule has 0 spiro atoms. The Balaban J connectivity index is 2.90.